The number of sulfonamides is 1. The molecule has 0 aliphatic carbocycles. The first kappa shape index (κ1) is 21.4. The second-order valence-electron chi connectivity index (χ2n) is 6.95. The minimum Gasteiger partial charge on any atom is -0.360 e. The molecule has 0 saturated carbocycles. The van der Waals surface area contributed by atoms with E-state index in [9.17, 15) is 18.0 Å². The van der Waals surface area contributed by atoms with E-state index in [0.717, 1.165) is 0 Å². The van der Waals surface area contributed by atoms with Gasteiger partial charge in [0.2, 0.25) is 21.8 Å². The number of rotatable bonds is 6. The van der Waals surface area contributed by atoms with Gasteiger partial charge in [0.1, 0.15) is 10.6 Å². The van der Waals surface area contributed by atoms with E-state index in [-0.39, 0.29) is 40.6 Å². The molecule has 1 aliphatic heterocycles. The molecular weight excluding hydrogens is 418 g/mol. The fourth-order valence-corrected chi connectivity index (χ4v) is 5.42. The van der Waals surface area contributed by atoms with Crippen LogP contribution in [-0.2, 0) is 19.6 Å². The predicted molar refractivity (Wildman–Crippen MR) is 106 cm³/mol. The summed E-state index contributed by atoms with van der Waals surface area (Å²) < 4.78 is 32.6. The van der Waals surface area contributed by atoms with Crippen LogP contribution in [0.25, 0.3) is 0 Å². The van der Waals surface area contributed by atoms with E-state index in [0.29, 0.717) is 24.5 Å². The van der Waals surface area contributed by atoms with Gasteiger partial charge in [-0.15, -0.1) is 11.3 Å². The zero-order valence-corrected chi connectivity index (χ0v) is 18.0. The van der Waals surface area contributed by atoms with Gasteiger partial charge >= 0.3 is 0 Å². The van der Waals surface area contributed by atoms with Crippen molar-refractivity contribution in [1.82, 2.24) is 19.8 Å². The zero-order chi connectivity index (χ0) is 21.2. The highest BCUT2D eigenvalue weighted by atomic mass is 32.2. The van der Waals surface area contributed by atoms with Gasteiger partial charge in [-0.3, -0.25) is 9.59 Å². The standard InChI is InChI=1S/C17H23N5O5S2/c1-10-14(12(3)27-20-10)29(25,26)21-11(2)16(24)22-7-4-5-13(9-22)15(23)19-17-18-6-8-28-17/h6,8,11,13,21H,4-5,7,9H2,1-3H3,(H,18,19,23)/t11-,13?/m0/s1. The Morgan fingerprint density at radius 1 is 1.38 bits per heavy atom. The summed E-state index contributed by atoms with van der Waals surface area (Å²) in [6.07, 6.45) is 2.91. The minimum atomic E-state index is -3.97. The van der Waals surface area contributed by atoms with E-state index in [1.54, 1.807) is 11.6 Å². The Labute approximate surface area is 172 Å². The lowest BCUT2D eigenvalue weighted by Crippen LogP contribution is -2.51. The van der Waals surface area contributed by atoms with Crippen molar-refractivity contribution < 1.29 is 22.5 Å². The highest BCUT2D eigenvalue weighted by Gasteiger charge is 2.33. The van der Waals surface area contributed by atoms with Crippen LogP contribution in [0.3, 0.4) is 0 Å². The van der Waals surface area contributed by atoms with E-state index < -0.39 is 16.1 Å². The molecule has 3 heterocycles. The number of carbonyl (C=O) groups excluding carboxylic acids is 2. The zero-order valence-electron chi connectivity index (χ0n) is 16.3. The molecule has 2 N–H and O–H groups in total. The number of anilines is 1. The Morgan fingerprint density at radius 3 is 2.76 bits per heavy atom. The largest absolute Gasteiger partial charge is 0.360 e. The van der Waals surface area contributed by atoms with Crippen LogP contribution in [0.1, 0.15) is 31.2 Å². The van der Waals surface area contributed by atoms with Gasteiger partial charge in [-0.2, -0.15) is 4.72 Å². The number of hydrogen-bond acceptors (Lipinski definition) is 8. The van der Waals surface area contributed by atoms with Crippen molar-refractivity contribution in [2.45, 2.75) is 44.6 Å². The Hall–Kier alpha value is -2.31. The predicted octanol–water partition coefficient (Wildman–Crippen LogP) is 1.29. The van der Waals surface area contributed by atoms with Gasteiger partial charge in [0.15, 0.2) is 10.9 Å². The third-order valence-corrected chi connectivity index (χ3v) is 7.18. The van der Waals surface area contributed by atoms with Crippen LogP contribution >= 0.6 is 11.3 Å². The Balaban J connectivity index is 1.64. The second-order valence-corrected chi connectivity index (χ2v) is 9.49. The molecule has 1 saturated heterocycles. The molecule has 158 valence electrons. The van der Waals surface area contributed by atoms with Crippen LogP contribution in [0.5, 0.6) is 0 Å². The molecule has 0 radical (unpaired) electrons. The molecule has 3 rings (SSSR count). The lowest BCUT2D eigenvalue weighted by atomic mass is 9.96. The molecule has 0 aromatic carbocycles. The number of nitrogens with one attached hydrogen (secondary N) is 2. The van der Waals surface area contributed by atoms with Crippen LogP contribution in [0, 0.1) is 19.8 Å². The number of aromatic nitrogens is 2. The highest BCUT2D eigenvalue weighted by molar-refractivity contribution is 7.89. The van der Waals surface area contributed by atoms with Crippen molar-refractivity contribution in [3.8, 4) is 0 Å². The first-order chi connectivity index (χ1) is 13.7. The van der Waals surface area contributed by atoms with Gasteiger partial charge in [0.05, 0.1) is 12.0 Å². The number of piperidine rings is 1. The molecule has 1 unspecified atom stereocenters. The molecule has 2 amide bonds. The Bertz CT molecular complexity index is 967. The quantitative estimate of drug-likeness (QED) is 0.690. The van der Waals surface area contributed by atoms with Crippen LogP contribution in [0.4, 0.5) is 5.13 Å². The first-order valence-corrected chi connectivity index (χ1v) is 11.5. The number of carbonyl (C=O) groups is 2. The molecule has 1 aliphatic rings. The molecule has 2 aromatic heterocycles. The third-order valence-electron chi connectivity index (χ3n) is 4.71. The van der Waals surface area contributed by atoms with Crippen LogP contribution in [0.2, 0.25) is 0 Å². The number of thiazole rings is 1. The van der Waals surface area contributed by atoms with Gasteiger partial charge in [-0.1, -0.05) is 5.16 Å². The lowest BCUT2D eigenvalue weighted by Gasteiger charge is -2.33. The lowest BCUT2D eigenvalue weighted by molar-refractivity contribution is -0.135. The summed E-state index contributed by atoms with van der Waals surface area (Å²) >= 11 is 1.32. The van der Waals surface area contributed by atoms with Gasteiger partial charge in [0.25, 0.3) is 0 Å². The summed E-state index contributed by atoms with van der Waals surface area (Å²) in [5.74, 6) is -0.789. The normalized spacial score (nSPS) is 18.4. The van der Waals surface area contributed by atoms with E-state index >= 15 is 0 Å². The number of hydrogen-bond donors (Lipinski definition) is 2. The molecule has 2 aromatic rings. The fraction of sp³-hybridized carbons (Fsp3) is 0.529. The van der Waals surface area contributed by atoms with Gasteiger partial charge < -0.3 is 14.7 Å². The first-order valence-electron chi connectivity index (χ1n) is 9.13. The van der Waals surface area contributed by atoms with Crippen molar-refractivity contribution >= 4 is 38.3 Å². The molecule has 2 atom stereocenters. The average molecular weight is 442 g/mol. The number of aryl methyl sites for hydroxylation is 2. The van der Waals surface area contributed by atoms with E-state index in [1.165, 1.54) is 37.0 Å². The summed E-state index contributed by atoms with van der Waals surface area (Å²) in [5, 5.41) is 8.67. The fourth-order valence-electron chi connectivity index (χ4n) is 3.36. The second kappa shape index (κ2) is 8.59. The van der Waals surface area contributed by atoms with Crippen molar-refractivity contribution in [3.05, 3.63) is 23.0 Å². The van der Waals surface area contributed by atoms with Crippen molar-refractivity contribution in [2.75, 3.05) is 18.4 Å². The minimum absolute atomic E-state index is 0.0588. The molecule has 1 fully saturated rings. The molecule has 0 bridgehead atoms. The third kappa shape index (κ3) is 4.82. The van der Waals surface area contributed by atoms with Crippen LogP contribution < -0.4 is 10.0 Å². The summed E-state index contributed by atoms with van der Waals surface area (Å²) in [4.78, 5) is 30.8. The molecule has 0 spiro atoms. The average Bonchev–Trinajstić information content (AvgIpc) is 3.30. The number of amides is 2. The molecule has 10 nitrogen and oxygen atoms in total. The van der Waals surface area contributed by atoms with Crippen LogP contribution in [0.15, 0.2) is 21.0 Å². The summed E-state index contributed by atoms with van der Waals surface area (Å²) in [6, 6.07) is -0.991. The maximum absolute atomic E-state index is 12.8. The van der Waals surface area contributed by atoms with Crippen molar-refractivity contribution in [1.29, 1.82) is 0 Å². The molecular formula is C17H23N5O5S2. The van der Waals surface area contributed by atoms with E-state index in [2.05, 4.69) is 20.2 Å². The van der Waals surface area contributed by atoms with E-state index in [4.69, 9.17) is 4.52 Å². The highest BCUT2D eigenvalue weighted by Crippen LogP contribution is 2.22. The summed E-state index contributed by atoms with van der Waals surface area (Å²) in [6.45, 7) is 5.20. The monoisotopic (exact) mass is 441 g/mol. The van der Waals surface area contributed by atoms with Crippen molar-refractivity contribution in [3.63, 3.8) is 0 Å². The van der Waals surface area contributed by atoms with Gasteiger partial charge in [0, 0.05) is 24.7 Å². The SMILES string of the molecule is Cc1noc(C)c1S(=O)(=O)N[C@@H](C)C(=O)N1CCCC(C(=O)Nc2nccs2)C1. The molecule has 12 heteroatoms. The maximum Gasteiger partial charge on any atom is 0.246 e. The smallest absolute Gasteiger partial charge is 0.246 e. The van der Waals surface area contributed by atoms with Gasteiger partial charge in [-0.25, -0.2) is 13.4 Å². The molecule has 29 heavy (non-hydrogen) atoms. The van der Waals surface area contributed by atoms with Crippen LogP contribution in [-0.4, -0.2) is 54.4 Å². The summed E-state index contributed by atoms with van der Waals surface area (Å²) in [5.41, 5.74) is 0.228. The number of likely N-dealkylation sites (tertiary alicyclic amines) is 1. The topological polar surface area (TPSA) is 134 Å². The maximum atomic E-state index is 12.8. The van der Waals surface area contributed by atoms with Gasteiger partial charge in [-0.05, 0) is 33.6 Å². The van der Waals surface area contributed by atoms with E-state index in [1.807, 2.05) is 0 Å². The summed E-state index contributed by atoms with van der Waals surface area (Å²) in [7, 11) is -3.97. The Morgan fingerprint density at radius 2 is 2.14 bits per heavy atom. The Kier molecular flexibility index (Phi) is 6.34. The van der Waals surface area contributed by atoms with Crippen molar-refractivity contribution in [2.24, 2.45) is 5.92 Å². The number of nitrogens with zero attached hydrogens (tertiary/aromatic N) is 3.